The molecule has 42 heavy (non-hydrogen) atoms. The van der Waals surface area contributed by atoms with E-state index in [4.69, 9.17) is 4.74 Å². The van der Waals surface area contributed by atoms with Gasteiger partial charge in [-0.1, -0.05) is 58.0 Å². The van der Waals surface area contributed by atoms with Gasteiger partial charge in [0.15, 0.2) is 5.78 Å². The fourth-order valence-corrected chi connectivity index (χ4v) is 10.3. The zero-order valence-corrected chi connectivity index (χ0v) is 25.3. The maximum Gasteiger partial charge on any atom is 0.353 e. The molecule has 8 atom stereocenters. The monoisotopic (exact) mass is 571 g/mol. The number of ketones is 1. The molecule has 4 aliphatic carbocycles. The number of para-hydroxylation sites is 1. The van der Waals surface area contributed by atoms with Crippen LogP contribution in [0.3, 0.4) is 0 Å². The summed E-state index contributed by atoms with van der Waals surface area (Å²) in [4.78, 5) is 55.6. The molecule has 5 unspecified atom stereocenters. The van der Waals surface area contributed by atoms with E-state index in [9.17, 15) is 19.2 Å². The predicted molar refractivity (Wildman–Crippen MR) is 158 cm³/mol. The van der Waals surface area contributed by atoms with Crippen LogP contribution < -0.4 is 11.4 Å². The molecule has 2 bridgehead atoms. The number of benzene rings is 1. The molecule has 2 spiro atoms. The van der Waals surface area contributed by atoms with E-state index in [0.717, 1.165) is 37.7 Å². The van der Waals surface area contributed by atoms with Crippen LogP contribution in [0.2, 0.25) is 0 Å². The lowest BCUT2D eigenvalue weighted by Crippen LogP contribution is -2.73. The molecule has 6 aliphatic rings. The number of methoxy groups -OCH3 is 1. The number of esters is 1. The van der Waals surface area contributed by atoms with Gasteiger partial charge in [-0.3, -0.25) is 9.59 Å². The maximum atomic E-state index is 14.6. The number of fused-ring (bicyclic) bond motifs is 1. The molecule has 8 rings (SSSR count). The molecule has 8 heteroatoms. The summed E-state index contributed by atoms with van der Waals surface area (Å²) in [6.45, 7) is 8.65. The highest BCUT2D eigenvalue weighted by atomic mass is 16.5. The van der Waals surface area contributed by atoms with Crippen LogP contribution in [0.5, 0.6) is 0 Å². The van der Waals surface area contributed by atoms with Crippen LogP contribution in [-0.2, 0) is 25.4 Å². The molecule has 0 radical (unpaired) electrons. The molecule has 2 aliphatic heterocycles. The molecule has 222 valence electrons. The number of rotatable bonds is 5. The van der Waals surface area contributed by atoms with E-state index in [2.05, 4.69) is 39.8 Å². The standard InChI is InChI=1S/C34H41N3O5/c1-21-15-16-31(3)26-19-27(38)32(4)24(22(2)11-14-28(39)42-5)12-13-25(32)34(26)18-17-33(31,20-21)36-29(40)35(30(41)37(34)36)23-9-7-6-8-10-23/h6-10,17-19,21-22,24-25H,11-16,20H2,1-5H3/t21-,22+,24?,25?,31+,32?,33?,34?/m0/s1. The number of carbonyl (C=O) groups is 2. The summed E-state index contributed by atoms with van der Waals surface area (Å²) >= 11 is 0. The fourth-order valence-electron chi connectivity index (χ4n) is 10.3. The lowest BCUT2D eigenvalue weighted by Gasteiger charge is -2.67. The van der Waals surface area contributed by atoms with Gasteiger partial charge in [0, 0.05) is 23.2 Å². The normalized spacial score (nSPS) is 38.3. The van der Waals surface area contributed by atoms with Crippen molar-refractivity contribution in [1.29, 1.82) is 0 Å². The first kappa shape index (κ1) is 27.4. The predicted octanol–water partition coefficient (Wildman–Crippen LogP) is 4.73. The summed E-state index contributed by atoms with van der Waals surface area (Å²) in [6.07, 6.45) is 11.4. The van der Waals surface area contributed by atoms with Gasteiger partial charge in [-0.05, 0) is 80.1 Å². The zero-order valence-electron chi connectivity index (χ0n) is 25.3. The molecule has 3 heterocycles. The summed E-state index contributed by atoms with van der Waals surface area (Å²) in [5.41, 5.74) is -1.95. The van der Waals surface area contributed by atoms with Crippen molar-refractivity contribution in [2.24, 2.45) is 34.5 Å². The van der Waals surface area contributed by atoms with Gasteiger partial charge in [0.1, 0.15) is 5.54 Å². The van der Waals surface area contributed by atoms with Crippen LogP contribution in [-0.4, -0.2) is 32.8 Å². The third-order valence-corrected chi connectivity index (χ3v) is 12.4. The highest BCUT2D eigenvalue weighted by Crippen LogP contribution is 2.72. The SMILES string of the molecule is COC(=O)CC[C@@H](C)C1CCC2C1(C)C(=O)C=C1C23C=CC2(C[C@@H](C)CC[C@]12C)n1c(=O)n(-c2ccccc2)c(=O)n13. The average molecular weight is 572 g/mol. The number of aromatic nitrogens is 3. The van der Waals surface area contributed by atoms with Crippen molar-refractivity contribution >= 4 is 11.8 Å². The largest absolute Gasteiger partial charge is 0.469 e. The van der Waals surface area contributed by atoms with Crippen molar-refractivity contribution < 1.29 is 14.3 Å². The molecular weight excluding hydrogens is 530 g/mol. The van der Waals surface area contributed by atoms with Gasteiger partial charge in [-0.2, -0.15) is 0 Å². The molecule has 8 nitrogen and oxygen atoms in total. The first-order chi connectivity index (χ1) is 20.0. The summed E-state index contributed by atoms with van der Waals surface area (Å²) in [6, 6.07) is 9.18. The quantitative estimate of drug-likeness (QED) is 0.382. The molecule has 1 aromatic heterocycles. The van der Waals surface area contributed by atoms with Crippen LogP contribution in [0.15, 0.2) is 63.7 Å². The third-order valence-electron chi connectivity index (χ3n) is 12.4. The maximum absolute atomic E-state index is 14.6. The Morgan fingerprint density at radius 2 is 1.74 bits per heavy atom. The van der Waals surface area contributed by atoms with Crippen molar-refractivity contribution in [1.82, 2.24) is 13.9 Å². The number of carbonyl (C=O) groups excluding carboxylic acids is 2. The lowest BCUT2D eigenvalue weighted by molar-refractivity contribution is -0.141. The minimum Gasteiger partial charge on any atom is -0.469 e. The van der Waals surface area contributed by atoms with E-state index < -0.39 is 21.9 Å². The van der Waals surface area contributed by atoms with E-state index in [-0.39, 0.29) is 40.9 Å². The van der Waals surface area contributed by atoms with Crippen LogP contribution in [0.4, 0.5) is 0 Å². The minimum absolute atomic E-state index is 0.0418. The van der Waals surface area contributed by atoms with Crippen molar-refractivity contribution in [3.8, 4) is 5.69 Å². The Kier molecular flexibility index (Phi) is 5.75. The molecule has 1 aromatic carbocycles. The minimum atomic E-state index is -0.910. The number of allylic oxidation sites excluding steroid dienone is 4. The molecular formula is C34H41N3O5. The van der Waals surface area contributed by atoms with E-state index in [1.54, 1.807) is 9.36 Å². The van der Waals surface area contributed by atoms with E-state index in [0.29, 0.717) is 24.4 Å². The van der Waals surface area contributed by atoms with Crippen LogP contribution in [0, 0.1) is 34.5 Å². The van der Waals surface area contributed by atoms with E-state index in [1.807, 2.05) is 36.4 Å². The third kappa shape index (κ3) is 3.03. The first-order valence-electron chi connectivity index (χ1n) is 15.5. The highest BCUT2D eigenvalue weighted by Gasteiger charge is 2.74. The number of hydrogen-bond donors (Lipinski definition) is 0. The summed E-state index contributed by atoms with van der Waals surface area (Å²) < 4.78 is 9.80. The van der Waals surface area contributed by atoms with Crippen molar-refractivity contribution in [2.45, 2.75) is 83.7 Å². The van der Waals surface area contributed by atoms with Gasteiger partial charge in [0.05, 0.1) is 18.3 Å². The smallest absolute Gasteiger partial charge is 0.353 e. The summed E-state index contributed by atoms with van der Waals surface area (Å²) in [5.74, 6) is 0.211. The van der Waals surface area contributed by atoms with Gasteiger partial charge in [-0.25, -0.2) is 23.5 Å². The van der Waals surface area contributed by atoms with E-state index in [1.165, 1.54) is 11.7 Å². The van der Waals surface area contributed by atoms with Crippen LogP contribution in [0.25, 0.3) is 5.69 Å². The number of nitrogens with zero attached hydrogens (tertiary/aromatic N) is 3. The molecule has 2 saturated carbocycles. The molecule has 0 saturated heterocycles. The topological polar surface area (TPSA) is 92.3 Å². The van der Waals surface area contributed by atoms with Crippen LogP contribution >= 0.6 is 0 Å². The Balaban J connectivity index is 1.49. The second kappa shape index (κ2) is 8.80. The van der Waals surface area contributed by atoms with E-state index >= 15 is 0 Å². The van der Waals surface area contributed by atoms with Crippen LogP contribution in [0.1, 0.15) is 72.6 Å². The molecule has 0 N–H and O–H groups in total. The Labute approximate surface area is 246 Å². The van der Waals surface area contributed by atoms with Crippen molar-refractivity contribution in [3.05, 3.63) is 75.1 Å². The van der Waals surface area contributed by atoms with Gasteiger partial charge < -0.3 is 4.74 Å². The Hall–Kier alpha value is -3.42. The van der Waals surface area contributed by atoms with Gasteiger partial charge >= 0.3 is 17.3 Å². The van der Waals surface area contributed by atoms with Gasteiger partial charge in [-0.15, -0.1) is 0 Å². The summed E-state index contributed by atoms with van der Waals surface area (Å²) in [5, 5.41) is 0. The number of hydrogen-bond acceptors (Lipinski definition) is 5. The molecule has 2 fully saturated rings. The van der Waals surface area contributed by atoms with Gasteiger partial charge in [0.25, 0.3) is 0 Å². The van der Waals surface area contributed by atoms with Crippen molar-refractivity contribution in [2.75, 3.05) is 7.11 Å². The van der Waals surface area contributed by atoms with Crippen molar-refractivity contribution in [3.63, 3.8) is 0 Å². The Morgan fingerprint density at radius 3 is 2.45 bits per heavy atom. The Morgan fingerprint density at radius 1 is 1.02 bits per heavy atom. The van der Waals surface area contributed by atoms with Gasteiger partial charge in [0.2, 0.25) is 0 Å². The highest BCUT2D eigenvalue weighted by molar-refractivity contribution is 5.98. The number of ether oxygens (including phenoxy) is 1. The Bertz CT molecular complexity index is 1680. The fraction of sp³-hybridized carbons (Fsp3) is 0.588. The second-order valence-electron chi connectivity index (χ2n) is 14.2. The zero-order chi connectivity index (χ0) is 29.8. The lowest BCUT2D eigenvalue weighted by atomic mass is 9.43. The molecule has 2 aromatic rings. The second-order valence-corrected chi connectivity index (χ2v) is 14.2. The summed E-state index contributed by atoms with van der Waals surface area (Å²) in [7, 11) is 1.40. The molecule has 0 amide bonds. The first-order valence-corrected chi connectivity index (χ1v) is 15.5. The average Bonchev–Trinajstić information content (AvgIpc) is 3.49.